The van der Waals surface area contributed by atoms with E-state index in [0.29, 0.717) is 24.5 Å². The van der Waals surface area contributed by atoms with Crippen molar-refractivity contribution in [2.75, 3.05) is 18.9 Å². The smallest absolute Gasteiger partial charge is 0.239 e. The van der Waals surface area contributed by atoms with Crippen LogP contribution in [0, 0.1) is 0 Å². The summed E-state index contributed by atoms with van der Waals surface area (Å²) in [5, 5.41) is 9.50. The first-order chi connectivity index (χ1) is 7.19. The lowest BCUT2D eigenvalue weighted by Gasteiger charge is -2.06. The molecule has 6 heteroatoms. The predicted octanol–water partition coefficient (Wildman–Crippen LogP) is 0.412. The van der Waals surface area contributed by atoms with Crippen LogP contribution in [0.4, 0.5) is 5.95 Å². The topological polar surface area (TPSA) is 85.7 Å². The average Bonchev–Trinajstić information content (AvgIpc) is 2.21. The van der Waals surface area contributed by atoms with Crippen molar-refractivity contribution < 1.29 is 9.94 Å². The second-order valence-electron chi connectivity index (χ2n) is 2.94. The zero-order valence-electron chi connectivity index (χ0n) is 8.97. The summed E-state index contributed by atoms with van der Waals surface area (Å²) in [5.74, 6) is 0.339. The van der Waals surface area contributed by atoms with E-state index >= 15 is 0 Å². The summed E-state index contributed by atoms with van der Waals surface area (Å²) in [6.07, 6.45) is 0.895. The Kier molecular flexibility index (Phi) is 3.96. The standard InChI is InChI=1S/C9H16N4O2/c1-3-5-11-7-6-8(15-4-2)12-9(10)13(7)14/h6,14H,3-5H2,1-2H3,(H2,10,12). The molecule has 3 N–H and O–H groups in total. The highest BCUT2D eigenvalue weighted by atomic mass is 16.5. The molecule has 0 saturated carbocycles. The van der Waals surface area contributed by atoms with Crippen molar-refractivity contribution in [3.8, 4) is 5.88 Å². The molecule has 1 aromatic rings. The Hall–Kier alpha value is -1.72. The number of hydrogen-bond donors (Lipinski definition) is 2. The van der Waals surface area contributed by atoms with Crippen molar-refractivity contribution >= 4 is 5.95 Å². The normalized spacial score (nSPS) is 11.7. The number of rotatable bonds is 4. The Morgan fingerprint density at radius 3 is 2.93 bits per heavy atom. The SMILES string of the molecule is CCCN=c1cc(OCC)nc(N)n1O. The van der Waals surface area contributed by atoms with E-state index in [-0.39, 0.29) is 5.95 Å². The molecule has 0 fully saturated rings. The Bertz CT molecular complexity index is 386. The van der Waals surface area contributed by atoms with Crippen molar-refractivity contribution in [1.29, 1.82) is 0 Å². The van der Waals surface area contributed by atoms with Crippen LogP contribution in [-0.2, 0) is 0 Å². The van der Waals surface area contributed by atoms with E-state index in [4.69, 9.17) is 10.5 Å². The van der Waals surface area contributed by atoms with Crippen molar-refractivity contribution in [2.45, 2.75) is 20.3 Å². The number of anilines is 1. The van der Waals surface area contributed by atoms with Gasteiger partial charge in [0.1, 0.15) is 0 Å². The summed E-state index contributed by atoms with van der Waals surface area (Å²) >= 11 is 0. The van der Waals surface area contributed by atoms with Gasteiger partial charge in [0.15, 0.2) is 5.49 Å². The molecule has 0 spiro atoms. The van der Waals surface area contributed by atoms with E-state index in [1.54, 1.807) is 6.07 Å². The minimum atomic E-state index is -0.0317. The second-order valence-corrected chi connectivity index (χ2v) is 2.94. The maximum Gasteiger partial charge on any atom is 0.239 e. The lowest BCUT2D eigenvalue weighted by Crippen LogP contribution is -2.23. The van der Waals surface area contributed by atoms with Crippen LogP contribution in [0.1, 0.15) is 20.3 Å². The van der Waals surface area contributed by atoms with Gasteiger partial charge in [-0.25, -0.2) is 0 Å². The van der Waals surface area contributed by atoms with Gasteiger partial charge in [-0.1, -0.05) is 6.92 Å². The van der Waals surface area contributed by atoms with Crippen molar-refractivity contribution in [3.05, 3.63) is 11.6 Å². The van der Waals surface area contributed by atoms with Crippen LogP contribution in [0.25, 0.3) is 0 Å². The number of ether oxygens (including phenoxy) is 1. The zero-order chi connectivity index (χ0) is 11.3. The summed E-state index contributed by atoms with van der Waals surface area (Å²) in [6.45, 7) is 4.96. The molecule has 0 amide bonds. The minimum Gasteiger partial charge on any atom is -0.478 e. The fourth-order valence-corrected chi connectivity index (χ4v) is 1.04. The fourth-order valence-electron chi connectivity index (χ4n) is 1.04. The summed E-state index contributed by atoms with van der Waals surface area (Å²) in [7, 11) is 0. The molecule has 0 radical (unpaired) electrons. The summed E-state index contributed by atoms with van der Waals surface area (Å²) in [5.41, 5.74) is 5.84. The number of nitrogen functional groups attached to an aromatic ring is 1. The van der Waals surface area contributed by atoms with Gasteiger partial charge in [0.2, 0.25) is 11.8 Å². The Morgan fingerprint density at radius 2 is 2.33 bits per heavy atom. The molecule has 0 bridgehead atoms. The lowest BCUT2D eigenvalue weighted by molar-refractivity contribution is 0.172. The third-order valence-corrected chi connectivity index (χ3v) is 1.70. The van der Waals surface area contributed by atoms with Gasteiger partial charge in [-0.15, -0.1) is 4.73 Å². The van der Waals surface area contributed by atoms with Crippen LogP contribution in [0.3, 0.4) is 0 Å². The minimum absolute atomic E-state index is 0.0317. The van der Waals surface area contributed by atoms with Crippen LogP contribution in [0.15, 0.2) is 11.1 Å². The van der Waals surface area contributed by atoms with Crippen LogP contribution in [0.2, 0.25) is 0 Å². The molecule has 1 aromatic heterocycles. The molecule has 0 aliphatic carbocycles. The van der Waals surface area contributed by atoms with Gasteiger partial charge >= 0.3 is 0 Å². The number of aromatic nitrogens is 2. The van der Waals surface area contributed by atoms with E-state index in [1.807, 2.05) is 13.8 Å². The van der Waals surface area contributed by atoms with E-state index in [9.17, 15) is 5.21 Å². The van der Waals surface area contributed by atoms with E-state index in [1.165, 1.54) is 0 Å². The molecule has 0 atom stereocenters. The highest BCUT2D eigenvalue weighted by molar-refractivity contribution is 5.21. The molecule has 1 rings (SSSR count). The van der Waals surface area contributed by atoms with E-state index in [0.717, 1.165) is 11.2 Å². The number of hydrogen-bond acceptors (Lipinski definition) is 5. The lowest BCUT2D eigenvalue weighted by atomic mass is 10.5. The predicted molar refractivity (Wildman–Crippen MR) is 55.7 cm³/mol. The molecule has 15 heavy (non-hydrogen) atoms. The van der Waals surface area contributed by atoms with Crippen LogP contribution < -0.4 is 16.0 Å². The zero-order valence-corrected chi connectivity index (χ0v) is 8.97. The maximum atomic E-state index is 9.50. The highest BCUT2D eigenvalue weighted by Gasteiger charge is 2.02. The van der Waals surface area contributed by atoms with Crippen LogP contribution in [-0.4, -0.2) is 28.1 Å². The summed E-state index contributed by atoms with van der Waals surface area (Å²) < 4.78 is 5.93. The molecule has 1 heterocycles. The Balaban J connectivity index is 3.13. The van der Waals surface area contributed by atoms with Crippen molar-refractivity contribution in [1.82, 2.24) is 9.71 Å². The van der Waals surface area contributed by atoms with E-state index in [2.05, 4.69) is 9.98 Å². The molecule has 0 aliphatic heterocycles. The van der Waals surface area contributed by atoms with Gasteiger partial charge in [0.25, 0.3) is 0 Å². The van der Waals surface area contributed by atoms with Crippen molar-refractivity contribution in [2.24, 2.45) is 4.99 Å². The van der Waals surface area contributed by atoms with Gasteiger partial charge in [-0.2, -0.15) is 4.98 Å². The molecular weight excluding hydrogens is 196 g/mol. The molecule has 0 unspecified atom stereocenters. The molecule has 0 aliphatic rings. The average molecular weight is 212 g/mol. The molecular formula is C9H16N4O2. The first-order valence-corrected chi connectivity index (χ1v) is 4.91. The van der Waals surface area contributed by atoms with Crippen LogP contribution >= 0.6 is 0 Å². The Labute approximate surface area is 88.0 Å². The summed E-state index contributed by atoms with van der Waals surface area (Å²) in [4.78, 5) is 7.98. The first-order valence-electron chi connectivity index (χ1n) is 4.91. The summed E-state index contributed by atoms with van der Waals surface area (Å²) in [6, 6.07) is 1.55. The monoisotopic (exact) mass is 212 g/mol. The highest BCUT2D eigenvalue weighted by Crippen LogP contribution is 2.04. The van der Waals surface area contributed by atoms with Gasteiger partial charge in [-0.05, 0) is 13.3 Å². The third kappa shape index (κ3) is 2.87. The quantitative estimate of drug-likeness (QED) is 0.708. The van der Waals surface area contributed by atoms with Gasteiger partial charge in [0.05, 0.1) is 6.61 Å². The number of nitrogens with zero attached hydrogens (tertiary/aromatic N) is 3. The molecule has 0 aromatic carbocycles. The largest absolute Gasteiger partial charge is 0.478 e. The second kappa shape index (κ2) is 5.23. The Morgan fingerprint density at radius 1 is 1.60 bits per heavy atom. The van der Waals surface area contributed by atoms with Crippen molar-refractivity contribution in [3.63, 3.8) is 0 Å². The van der Waals surface area contributed by atoms with Gasteiger partial charge < -0.3 is 15.7 Å². The van der Waals surface area contributed by atoms with E-state index < -0.39 is 0 Å². The number of nitrogens with two attached hydrogens (primary N) is 1. The first kappa shape index (κ1) is 11.4. The van der Waals surface area contributed by atoms with Crippen LogP contribution in [0.5, 0.6) is 5.88 Å². The fraction of sp³-hybridized carbons (Fsp3) is 0.556. The molecule has 0 saturated heterocycles. The molecule has 84 valence electrons. The maximum absolute atomic E-state index is 9.50. The van der Waals surface area contributed by atoms with Gasteiger partial charge in [-0.3, -0.25) is 4.99 Å². The molecule has 6 nitrogen and oxygen atoms in total. The van der Waals surface area contributed by atoms with Gasteiger partial charge in [0, 0.05) is 12.6 Å². The third-order valence-electron chi connectivity index (χ3n) is 1.70.